The summed E-state index contributed by atoms with van der Waals surface area (Å²) < 4.78 is 5.75. The zero-order valence-corrected chi connectivity index (χ0v) is 8.32. The average Bonchev–Trinajstić information content (AvgIpc) is 2.01. The molecule has 66 valence electrons. The van der Waals surface area contributed by atoms with E-state index in [9.17, 15) is 0 Å². The summed E-state index contributed by atoms with van der Waals surface area (Å²) in [5, 5.41) is 0. The molecule has 0 aliphatic carbocycles. The fraction of sp³-hybridized carbons (Fsp3) is 1.00. The minimum atomic E-state index is 0.498. The number of ether oxygens (including phenoxy) is 1. The molecule has 1 heterocycles. The molecule has 0 aromatic rings. The van der Waals surface area contributed by atoms with Gasteiger partial charge in [0.25, 0.3) is 0 Å². The summed E-state index contributed by atoms with van der Waals surface area (Å²) in [5.74, 6) is 1.25. The molecule has 1 nitrogen and oxygen atoms in total. The van der Waals surface area contributed by atoms with E-state index in [1.807, 2.05) is 11.8 Å². The van der Waals surface area contributed by atoms with Gasteiger partial charge in [0.05, 0.1) is 6.10 Å². The molecule has 0 N–H and O–H groups in total. The zero-order chi connectivity index (χ0) is 8.10. The molecule has 2 atom stereocenters. The Labute approximate surface area is 73.9 Å². The summed E-state index contributed by atoms with van der Waals surface area (Å²) in [6.07, 6.45) is 5.62. The van der Waals surface area contributed by atoms with Crippen LogP contribution in [0.4, 0.5) is 0 Å². The normalized spacial score (nSPS) is 32.2. The molecule has 0 spiro atoms. The molecule has 1 saturated heterocycles. The van der Waals surface area contributed by atoms with Crippen LogP contribution in [0.3, 0.4) is 0 Å². The Balaban J connectivity index is 2.12. The lowest BCUT2D eigenvalue weighted by Crippen LogP contribution is -2.22. The van der Waals surface area contributed by atoms with Crippen molar-refractivity contribution in [1.29, 1.82) is 0 Å². The van der Waals surface area contributed by atoms with Crippen LogP contribution in [0.25, 0.3) is 0 Å². The van der Waals surface area contributed by atoms with E-state index in [1.165, 1.54) is 31.4 Å². The quantitative estimate of drug-likeness (QED) is 0.650. The number of thioether (sulfide) groups is 1. The molecule has 0 bridgehead atoms. The minimum absolute atomic E-state index is 0.498. The summed E-state index contributed by atoms with van der Waals surface area (Å²) >= 11 is 1.98. The third-order valence-electron chi connectivity index (χ3n) is 1.94. The molecular weight excluding hydrogens is 156 g/mol. The highest BCUT2D eigenvalue weighted by atomic mass is 32.2. The van der Waals surface area contributed by atoms with Crippen LogP contribution in [0.2, 0.25) is 0 Å². The van der Waals surface area contributed by atoms with Crippen LogP contribution in [-0.2, 0) is 4.74 Å². The molecule has 0 amide bonds. The first kappa shape index (κ1) is 9.40. The second-order valence-corrected chi connectivity index (χ2v) is 4.45. The van der Waals surface area contributed by atoms with Crippen LogP contribution in [0.15, 0.2) is 0 Å². The van der Waals surface area contributed by atoms with E-state index in [4.69, 9.17) is 4.74 Å². The topological polar surface area (TPSA) is 9.23 Å². The summed E-state index contributed by atoms with van der Waals surface area (Å²) in [6, 6.07) is 0. The standard InChI is InChI=1S/C9H18OS/c1-3-7-11-9-6-4-5-8(2)10-9/h8-9H,3-7H2,1-2H3/t8-,9+/m1/s1. The maximum Gasteiger partial charge on any atom is 0.103 e. The van der Waals surface area contributed by atoms with Crippen molar-refractivity contribution in [2.24, 2.45) is 0 Å². The Morgan fingerprint density at radius 3 is 2.91 bits per heavy atom. The van der Waals surface area contributed by atoms with E-state index in [-0.39, 0.29) is 0 Å². The number of hydrogen-bond donors (Lipinski definition) is 0. The second kappa shape index (κ2) is 5.04. The fourth-order valence-electron chi connectivity index (χ4n) is 1.34. The average molecular weight is 174 g/mol. The lowest BCUT2D eigenvalue weighted by molar-refractivity contribution is 0.00803. The highest BCUT2D eigenvalue weighted by Crippen LogP contribution is 2.26. The maximum atomic E-state index is 5.75. The molecule has 2 heteroatoms. The van der Waals surface area contributed by atoms with Crippen LogP contribution in [0.5, 0.6) is 0 Å². The molecule has 1 rings (SSSR count). The minimum Gasteiger partial charge on any atom is -0.365 e. The van der Waals surface area contributed by atoms with E-state index in [2.05, 4.69) is 13.8 Å². The molecule has 1 aliphatic heterocycles. The molecule has 0 aromatic carbocycles. The van der Waals surface area contributed by atoms with Gasteiger partial charge in [0.2, 0.25) is 0 Å². The van der Waals surface area contributed by atoms with Gasteiger partial charge in [0.1, 0.15) is 5.44 Å². The molecule has 0 unspecified atom stereocenters. The summed E-state index contributed by atoms with van der Waals surface area (Å²) in [4.78, 5) is 0. The lowest BCUT2D eigenvalue weighted by atomic mass is 10.1. The van der Waals surface area contributed by atoms with E-state index in [1.54, 1.807) is 0 Å². The van der Waals surface area contributed by atoms with E-state index in [0.717, 1.165) is 0 Å². The van der Waals surface area contributed by atoms with Crippen molar-refractivity contribution in [2.75, 3.05) is 5.75 Å². The second-order valence-electron chi connectivity index (χ2n) is 3.18. The first-order valence-corrected chi connectivity index (χ1v) is 5.65. The zero-order valence-electron chi connectivity index (χ0n) is 7.51. The molecule has 1 fully saturated rings. The third kappa shape index (κ3) is 3.48. The number of rotatable bonds is 3. The van der Waals surface area contributed by atoms with Crippen molar-refractivity contribution in [1.82, 2.24) is 0 Å². The predicted molar refractivity (Wildman–Crippen MR) is 50.9 cm³/mol. The van der Waals surface area contributed by atoms with Crippen molar-refractivity contribution in [3.05, 3.63) is 0 Å². The van der Waals surface area contributed by atoms with Crippen molar-refractivity contribution in [3.8, 4) is 0 Å². The fourth-order valence-corrected chi connectivity index (χ4v) is 2.44. The Kier molecular flexibility index (Phi) is 4.31. The molecular formula is C9H18OS. The van der Waals surface area contributed by atoms with Crippen molar-refractivity contribution < 1.29 is 4.74 Å². The van der Waals surface area contributed by atoms with Gasteiger partial charge in [0.15, 0.2) is 0 Å². The van der Waals surface area contributed by atoms with Gasteiger partial charge in [-0.15, -0.1) is 11.8 Å². The Bertz CT molecular complexity index is 106. The van der Waals surface area contributed by atoms with E-state index >= 15 is 0 Å². The van der Waals surface area contributed by atoms with Gasteiger partial charge in [-0.25, -0.2) is 0 Å². The number of hydrogen-bond acceptors (Lipinski definition) is 2. The Hall–Kier alpha value is 0.310. The van der Waals surface area contributed by atoms with Gasteiger partial charge >= 0.3 is 0 Å². The highest BCUT2D eigenvalue weighted by Gasteiger charge is 2.18. The molecule has 0 aromatic heterocycles. The van der Waals surface area contributed by atoms with E-state index in [0.29, 0.717) is 11.5 Å². The lowest BCUT2D eigenvalue weighted by Gasteiger charge is -2.27. The van der Waals surface area contributed by atoms with Gasteiger partial charge in [-0.05, 0) is 38.4 Å². The summed E-state index contributed by atoms with van der Waals surface area (Å²) in [6.45, 7) is 4.40. The summed E-state index contributed by atoms with van der Waals surface area (Å²) in [5.41, 5.74) is 0.499. The molecule has 0 radical (unpaired) electrons. The first-order valence-electron chi connectivity index (χ1n) is 4.60. The molecule has 1 aliphatic rings. The molecule has 11 heavy (non-hydrogen) atoms. The van der Waals surface area contributed by atoms with Crippen molar-refractivity contribution in [2.45, 2.75) is 51.1 Å². The van der Waals surface area contributed by atoms with E-state index < -0.39 is 0 Å². The Morgan fingerprint density at radius 2 is 2.27 bits per heavy atom. The van der Waals surface area contributed by atoms with Gasteiger partial charge in [-0.1, -0.05) is 6.92 Å². The van der Waals surface area contributed by atoms with Gasteiger partial charge in [-0.2, -0.15) is 0 Å². The van der Waals surface area contributed by atoms with Crippen LogP contribution in [0.1, 0.15) is 39.5 Å². The Morgan fingerprint density at radius 1 is 1.45 bits per heavy atom. The van der Waals surface area contributed by atoms with Gasteiger partial charge < -0.3 is 4.74 Å². The van der Waals surface area contributed by atoms with Gasteiger partial charge in [-0.3, -0.25) is 0 Å². The highest BCUT2D eigenvalue weighted by molar-refractivity contribution is 7.99. The first-order chi connectivity index (χ1) is 5.33. The largest absolute Gasteiger partial charge is 0.365 e. The SMILES string of the molecule is CCCS[C@H]1CCC[C@@H](C)O1. The van der Waals surface area contributed by atoms with Crippen molar-refractivity contribution in [3.63, 3.8) is 0 Å². The van der Waals surface area contributed by atoms with Crippen molar-refractivity contribution >= 4 is 11.8 Å². The smallest absolute Gasteiger partial charge is 0.103 e. The van der Waals surface area contributed by atoms with Crippen LogP contribution in [0, 0.1) is 0 Å². The monoisotopic (exact) mass is 174 g/mol. The maximum absolute atomic E-state index is 5.75. The van der Waals surface area contributed by atoms with Crippen LogP contribution in [-0.4, -0.2) is 17.3 Å². The van der Waals surface area contributed by atoms with Crippen LogP contribution >= 0.6 is 11.8 Å². The summed E-state index contributed by atoms with van der Waals surface area (Å²) in [7, 11) is 0. The predicted octanol–water partition coefficient (Wildman–Crippen LogP) is 3.04. The molecule has 0 saturated carbocycles. The van der Waals surface area contributed by atoms with Crippen LogP contribution < -0.4 is 0 Å². The third-order valence-corrected chi connectivity index (χ3v) is 3.30. The van der Waals surface area contributed by atoms with Gasteiger partial charge in [0, 0.05) is 0 Å².